The number of ether oxygens (including phenoxy) is 1. The topological polar surface area (TPSA) is 49.8 Å². The Bertz CT molecular complexity index is 1210. The van der Waals surface area contributed by atoms with Crippen molar-refractivity contribution in [3.05, 3.63) is 72.9 Å². The highest BCUT2D eigenvalue weighted by Gasteiger charge is 2.38. The number of carbonyl (C=O) groups is 1. The van der Waals surface area contributed by atoms with Gasteiger partial charge in [0.15, 0.2) is 0 Å². The molecular formula is C64H117NO3. The smallest absolute Gasteiger partial charge is 0.306 e. The highest BCUT2D eigenvalue weighted by atomic mass is 16.6. The molecule has 1 N–H and O–H groups in total. The molecule has 0 heterocycles. The van der Waals surface area contributed by atoms with Crippen molar-refractivity contribution in [2.75, 3.05) is 20.6 Å². The lowest BCUT2D eigenvalue weighted by atomic mass is 9.82. The van der Waals surface area contributed by atoms with E-state index in [2.05, 4.69) is 113 Å². The minimum atomic E-state index is -0.949. The molecule has 0 aliphatic carbocycles. The zero-order valence-corrected chi connectivity index (χ0v) is 46.3. The first kappa shape index (κ1) is 65.8. The SMILES string of the molecule is CCCCCC/C=C\C/C=C\CCCCCCCCC(O)(CCCCCCC/C=C\C/C=C\CCCCCC)C(CCCCCCC/C=C\C/C=C\CCCCCC)OC(=O)CCCCN(C)C. The molecule has 2 unspecified atom stereocenters. The molecule has 0 amide bonds. The van der Waals surface area contributed by atoms with E-state index in [0.717, 1.165) is 109 Å². The number of unbranched alkanes of at least 4 members (excludes halogenated alkanes) is 29. The van der Waals surface area contributed by atoms with E-state index in [1.165, 1.54) is 167 Å². The third-order valence-electron chi connectivity index (χ3n) is 13.6. The molecule has 0 bridgehead atoms. The summed E-state index contributed by atoms with van der Waals surface area (Å²) < 4.78 is 6.37. The van der Waals surface area contributed by atoms with Gasteiger partial charge in [0.1, 0.15) is 11.7 Å². The second kappa shape index (κ2) is 54.2. The number of rotatable bonds is 53. The van der Waals surface area contributed by atoms with E-state index in [-0.39, 0.29) is 5.97 Å². The molecule has 0 aromatic rings. The van der Waals surface area contributed by atoms with Gasteiger partial charge in [0.25, 0.3) is 0 Å². The molecule has 0 radical (unpaired) electrons. The van der Waals surface area contributed by atoms with Crippen LogP contribution in [-0.4, -0.2) is 48.3 Å². The molecule has 0 aliphatic heterocycles. The van der Waals surface area contributed by atoms with Crippen molar-refractivity contribution < 1.29 is 14.6 Å². The Morgan fingerprint density at radius 3 is 1.06 bits per heavy atom. The van der Waals surface area contributed by atoms with Crippen molar-refractivity contribution in [3.8, 4) is 0 Å². The van der Waals surface area contributed by atoms with Crippen molar-refractivity contribution in [2.45, 2.75) is 309 Å². The fourth-order valence-electron chi connectivity index (χ4n) is 9.13. The first-order valence-corrected chi connectivity index (χ1v) is 29.9. The number of hydrogen-bond donors (Lipinski definition) is 1. The molecular weight excluding hydrogens is 831 g/mol. The van der Waals surface area contributed by atoms with Crippen LogP contribution in [0.4, 0.5) is 0 Å². The largest absolute Gasteiger partial charge is 0.459 e. The van der Waals surface area contributed by atoms with Crippen LogP contribution in [0.15, 0.2) is 72.9 Å². The number of esters is 1. The van der Waals surface area contributed by atoms with Gasteiger partial charge in [0, 0.05) is 6.42 Å². The third kappa shape index (κ3) is 48.8. The van der Waals surface area contributed by atoms with Crippen LogP contribution in [0, 0.1) is 0 Å². The van der Waals surface area contributed by atoms with Crippen molar-refractivity contribution >= 4 is 5.97 Å². The van der Waals surface area contributed by atoms with Crippen LogP contribution in [0.2, 0.25) is 0 Å². The predicted octanol–water partition coefficient (Wildman–Crippen LogP) is 20.4. The van der Waals surface area contributed by atoms with Crippen molar-refractivity contribution in [2.24, 2.45) is 0 Å². The lowest BCUT2D eigenvalue weighted by molar-refractivity contribution is -0.169. The molecule has 0 spiro atoms. The highest BCUT2D eigenvalue weighted by molar-refractivity contribution is 5.69. The first-order chi connectivity index (χ1) is 33.4. The van der Waals surface area contributed by atoms with Gasteiger partial charge in [0.2, 0.25) is 0 Å². The van der Waals surface area contributed by atoms with Gasteiger partial charge in [-0.05, 0) is 155 Å². The third-order valence-corrected chi connectivity index (χ3v) is 13.6. The van der Waals surface area contributed by atoms with Gasteiger partial charge in [-0.1, -0.05) is 229 Å². The zero-order valence-electron chi connectivity index (χ0n) is 46.3. The summed E-state index contributed by atoms with van der Waals surface area (Å²) in [6, 6.07) is 0. The maximum absolute atomic E-state index is 13.4. The summed E-state index contributed by atoms with van der Waals surface area (Å²) in [5.74, 6) is -0.117. The second-order valence-corrected chi connectivity index (χ2v) is 20.7. The Morgan fingerprint density at radius 2 is 0.721 bits per heavy atom. The van der Waals surface area contributed by atoms with Crippen LogP contribution < -0.4 is 0 Å². The Morgan fingerprint density at radius 1 is 0.412 bits per heavy atom. The molecule has 4 nitrogen and oxygen atoms in total. The van der Waals surface area contributed by atoms with Gasteiger partial charge in [0.05, 0.1) is 0 Å². The fourth-order valence-corrected chi connectivity index (χ4v) is 9.13. The zero-order chi connectivity index (χ0) is 49.5. The monoisotopic (exact) mass is 948 g/mol. The fraction of sp³-hybridized carbons (Fsp3) is 0.797. The highest BCUT2D eigenvalue weighted by Crippen LogP contribution is 2.32. The van der Waals surface area contributed by atoms with Crippen LogP contribution in [0.25, 0.3) is 0 Å². The quantitative estimate of drug-likeness (QED) is 0.0375. The molecule has 0 aliphatic rings. The Labute approximate surface area is 425 Å². The normalized spacial score (nSPS) is 13.9. The van der Waals surface area contributed by atoms with Gasteiger partial charge < -0.3 is 14.7 Å². The van der Waals surface area contributed by atoms with E-state index < -0.39 is 11.7 Å². The molecule has 0 aromatic heterocycles. The predicted molar refractivity (Wildman–Crippen MR) is 304 cm³/mol. The lowest BCUT2D eigenvalue weighted by Gasteiger charge is -2.36. The average Bonchev–Trinajstić information content (AvgIpc) is 3.33. The van der Waals surface area contributed by atoms with E-state index >= 15 is 0 Å². The first-order valence-electron chi connectivity index (χ1n) is 29.9. The van der Waals surface area contributed by atoms with E-state index in [4.69, 9.17) is 4.74 Å². The molecule has 2 atom stereocenters. The van der Waals surface area contributed by atoms with E-state index in [0.29, 0.717) is 6.42 Å². The van der Waals surface area contributed by atoms with Gasteiger partial charge in [-0.25, -0.2) is 0 Å². The summed E-state index contributed by atoms with van der Waals surface area (Å²) >= 11 is 0. The minimum absolute atomic E-state index is 0.117. The minimum Gasteiger partial charge on any atom is -0.459 e. The summed E-state index contributed by atoms with van der Waals surface area (Å²) in [5.41, 5.74) is -0.949. The second-order valence-electron chi connectivity index (χ2n) is 20.7. The maximum atomic E-state index is 13.4. The summed E-state index contributed by atoms with van der Waals surface area (Å²) in [4.78, 5) is 15.6. The number of hydrogen-bond acceptors (Lipinski definition) is 4. The molecule has 0 rings (SSSR count). The number of allylic oxidation sites excluding steroid dienone is 12. The average molecular weight is 949 g/mol. The van der Waals surface area contributed by atoms with Crippen molar-refractivity contribution in [1.82, 2.24) is 4.90 Å². The standard InChI is InChI=1S/C64H117NO3/c1-6-9-12-15-18-21-24-27-30-33-36-39-42-45-48-51-55-60-64(67,59-54-50-47-44-41-38-35-32-29-26-23-20-17-14-11-8-3)62(68-63(66)58-53-56-61-65(4)5)57-52-49-46-43-40-37-34-31-28-25-22-19-16-13-10-7-2/h21-26,30-35,62,67H,6-20,27-29,36-61H2,1-5H3/b24-21-,25-22-,26-23-,33-30-,34-31-,35-32-. The van der Waals surface area contributed by atoms with Crippen molar-refractivity contribution in [1.29, 1.82) is 0 Å². The molecule has 0 fully saturated rings. The lowest BCUT2D eigenvalue weighted by Crippen LogP contribution is -2.45. The van der Waals surface area contributed by atoms with E-state index in [1.807, 2.05) is 0 Å². The van der Waals surface area contributed by atoms with Gasteiger partial charge in [-0.3, -0.25) is 4.79 Å². The number of carbonyl (C=O) groups excluding carboxylic acids is 1. The van der Waals surface area contributed by atoms with Crippen LogP contribution in [0.5, 0.6) is 0 Å². The van der Waals surface area contributed by atoms with Crippen LogP contribution in [-0.2, 0) is 9.53 Å². The van der Waals surface area contributed by atoms with Crippen molar-refractivity contribution in [3.63, 3.8) is 0 Å². The summed E-state index contributed by atoms with van der Waals surface area (Å²) in [7, 11) is 4.17. The molecule has 0 saturated carbocycles. The molecule has 68 heavy (non-hydrogen) atoms. The Kier molecular flexibility index (Phi) is 52.4. The van der Waals surface area contributed by atoms with Crippen LogP contribution in [0.1, 0.15) is 297 Å². The van der Waals surface area contributed by atoms with E-state index in [1.54, 1.807) is 0 Å². The summed E-state index contributed by atoms with van der Waals surface area (Å²) in [5, 5.41) is 12.6. The molecule has 0 aromatic carbocycles. The molecule has 0 saturated heterocycles. The van der Waals surface area contributed by atoms with Crippen LogP contribution >= 0.6 is 0 Å². The van der Waals surface area contributed by atoms with E-state index in [9.17, 15) is 9.90 Å². The van der Waals surface area contributed by atoms with Gasteiger partial charge in [-0.15, -0.1) is 0 Å². The Balaban J connectivity index is 5.18. The number of aliphatic hydroxyl groups is 1. The molecule has 396 valence electrons. The molecule has 4 heteroatoms. The maximum Gasteiger partial charge on any atom is 0.306 e. The summed E-state index contributed by atoms with van der Waals surface area (Å²) in [6.07, 6.45) is 77.3. The van der Waals surface area contributed by atoms with Gasteiger partial charge >= 0.3 is 5.97 Å². The number of nitrogens with zero attached hydrogens (tertiary/aromatic N) is 1. The van der Waals surface area contributed by atoms with Gasteiger partial charge in [-0.2, -0.15) is 0 Å². The van der Waals surface area contributed by atoms with Crippen LogP contribution in [0.3, 0.4) is 0 Å². The summed E-state index contributed by atoms with van der Waals surface area (Å²) in [6.45, 7) is 7.80. The Hall–Kier alpha value is -2.17.